The number of halogens is 3. The van der Waals surface area contributed by atoms with E-state index in [4.69, 9.17) is 0 Å². The SMILES string of the molecule is O=C(Nc1ccnc(OCC(F)(F)F)c1)c1cccs1. The molecule has 0 radical (unpaired) electrons. The van der Waals surface area contributed by atoms with Gasteiger partial charge in [0.2, 0.25) is 5.88 Å². The first kappa shape index (κ1) is 14.3. The lowest BCUT2D eigenvalue weighted by molar-refractivity contribution is -0.154. The number of hydrogen-bond acceptors (Lipinski definition) is 4. The topological polar surface area (TPSA) is 51.2 Å². The third-order valence-electron chi connectivity index (χ3n) is 2.12. The standard InChI is InChI=1S/C12H9F3N2O2S/c13-12(14,15)7-19-10-6-8(3-4-16-10)17-11(18)9-2-1-5-20-9/h1-6H,7H2,(H,16,17,18). The summed E-state index contributed by atoms with van der Waals surface area (Å²) in [5, 5.41) is 4.30. The van der Waals surface area contributed by atoms with Crippen molar-refractivity contribution in [3.8, 4) is 5.88 Å². The van der Waals surface area contributed by atoms with E-state index in [1.807, 2.05) is 0 Å². The number of nitrogens with one attached hydrogen (secondary N) is 1. The molecular formula is C12H9F3N2O2S. The van der Waals surface area contributed by atoms with Crippen LogP contribution in [0.5, 0.6) is 5.88 Å². The lowest BCUT2D eigenvalue weighted by Crippen LogP contribution is -2.19. The molecule has 20 heavy (non-hydrogen) atoms. The van der Waals surface area contributed by atoms with Crippen LogP contribution in [-0.4, -0.2) is 23.7 Å². The first-order chi connectivity index (χ1) is 9.44. The van der Waals surface area contributed by atoms with E-state index >= 15 is 0 Å². The van der Waals surface area contributed by atoms with Gasteiger partial charge in [0, 0.05) is 18.0 Å². The van der Waals surface area contributed by atoms with Crippen LogP contribution in [0.2, 0.25) is 0 Å². The third-order valence-corrected chi connectivity index (χ3v) is 2.99. The molecule has 2 heterocycles. The van der Waals surface area contributed by atoms with E-state index in [1.54, 1.807) is 17.5 Å². The molecule has 0 atom stereocenters. The van der Waals surface area contributed by atoms with Crippen molar-refractivity contribution in [1.29, 1.82) is 0 Å². The van der Waals surface area contributed by atoms with E-state index in [0.717, 1.165) is 0 Å². The van der Waals surface area contributed by atoms with Gasteiger partial charge < -0.3 is 10.1 Å². The fraction of sp³-hybridized carbons (Fsp3) is 0.167. The van der Waals surface area contributed by atoms with Crippen LogP contribution in [0, 0.1) is 0 Å². The molecule has 0 unspecified atom stereocenters. The summed E-state index contributed by atoms with van der Waals surface area (Å²) in [6.45, 7) is -1.43. The Kier molecular flexibility index (Phi) is 4.23. The zero-order valence-corrected chi connectivity index (χ0v) is 10.8. The number of carbonyl (C=O) groups excluding carboxylic acids is 1. The quantitative estimate of drug-likeness (QED) is 0.942. The molecule has 1 N–H and O–H groups in total. The highest BCUT2D eigenvalue weighted by Gasteiger charge is 2.28. The predicted molar refractivity (Wildman–Crippen MR) is 68.1 cm³/mol. The average molecular weight is 302 g/mol. The summed E-state index contributed by atoms with van der Waals surface area (Å²) < 4.78 is 40.5. The van der Waals surface area contributed by atoms with Crippen LogP contribution in [0.25, 0.3) is 0 Å². The molecule has 0 aliphatic rings. The molecule has 0 aromatic carbocycles. The van der Waals surface area contributed by atoms with Crippen molar-refractivity contribution in [2.24, 2.45) is 0 Å². The Morgan fingerprint density at radius 1 is 1.40 bits per heavy atom. The monoisotopic (exact) mass is 302 g/mol. The second-order valence-electron chi connectivity index (χ2n) is 3.72. The fourth-order valence-electron chi connectivity index (χ4n) is 1.32. The number of nitrogens with zero attached hydrogens (tertiary/aromatic N) is 1. The second kappa shape index (κ2) is 5.91. The summed E-state index contributed by atoms with van der Waals surface area (Å²) in [7, 11) is 0. The highest BCUT2D eigenvalue weighted by molar-refractivity contribution is 7.12. The number of pyridine rings is 1. The number of hydrogen-bond donors (Lipinski definition) is 1. The maximum absolute atomic E-state index is 12.0. The Morgan fingerprint density at radius 2 is 2.20 bits per heavy atom. The van der Waals surface area contributed by atoms with Crippen molar-refractivity contribution < 1.29 is 22.7 Å². The van der Waals surface area contributed by atoms with E-state index in [9.17, 15) is 18.0 Å². The molecule has 0 bridgehead atoms. The van der Waals surface area contributed by atoms with E-state index in [2.05, 4.69) is 15.0 Å². The van der Waals surface area contributed by atoms with Gasteiger partial charge in [0.1, 0.15) is 0 Å². The number of ether oxygens (including phenoxy) is 1. The van der Waals surface area contributed by atoms with E-state index < -0.39 is 12.8 Å². The molecule has 0 aliphatic heterocycles. The molecule has 0 spiro atoms. The Labute approximate surface area is 116 Å². The molecule has 2 rings (SSSR count). The molecule has 1 amide bonds. The molecule has 106 valence electrons. The van der Waals surface area contributed by atoms with Crippen LogP contribution in [0.3, 0.4) is 0 Å². The Morgan fingerprint density at radius 3 is 2.85 bits per heavy atom. The third kappa shape index (κ3) is 4.23. The van der Waals surface area contributed by atoms with Gasteiger partial charge in [-0.05, 0) is 17.5 Å². The largest absolute Gasteiger partial charge is 0.468 e. The van der Waals surface area contributed by atoms with Gasteiger partial charge in [-0.2, -0.15) is 13.2 Å². The summed E-state index contributed by atoms with van der Waals surface area (Å²) in [5.74, 6) is -0.542. The number of aromatic nitrogens is 1. The normalized spacial score (nSPS) is 11.2. The molecule has 0 saturated carbocycles. The number of carbonyl (C=O) groups is 1. The number of anilines is 1. The first-order valence-electron chi connectivity index (χ1n) is 5.44. The minimum Gasteiger partial charge on any atom is -0.468 e. The van der Waals surface area contributed by atoms with Gasteiger partial charge in [0.05, 0.1) is 4.88 Å². The lowest BCUT2D eigenvalue weighted by Gasteiger charge is -2.09. The Hall–Kier alpha value is -2.09. The zero-order valence-electron chi connectivity index (χ0n) is 9.98. The maximum atomic E-state index is 12.0. The summed E-state index contributed by atoms with van der Waals surface area (Å²) in [6.07, 6.45) is -3.17. The molecule has 2 aromatic rings. The molecule has 2 aromatic heterocycles. The number of amides is 1. The van der Waals surface area contributed by atoms with Crippen LogP contribution in [0.15, 0.2) is 35.8 Å². The van der Waals surface area contributed by atoms with Gasteiger partial charge in [-0.3, -0.25) is 4.79 Å². The summed E-state index contributed by atoms with van der Waals surface area (Å²) in [5.41, 5.74) is 0.315. The molecule has 4 nitrogen and oxygen atoms in total. The van der Waals surface area contributed by atoms with Gasteiger partial charge in [-0.25, -0.2) is 4.98 Å². The van der Waals surface area contributed by atoms with E-state index in [-0.39, 0.29) is 11.8 Å². The Bertz CT molecular complexity index is 585. The van der Waals surface area contributed by atoms with Crippen molar-refractivity contribution in [2.75, 3.05) is 11.9 Å². The minimum atomic E-state index is -4.43. The van der Waals surface area contributed by atoms with Gasteiger partial charge >= 0.3 is 6.18 Å². The fourth-order valence-corrected chi connectivity index (χ4v) is 1.94. The summed E-state index contributed by atoms with van der Waals surface area (Å²) >= 11 is 1.26. The van der Waals surface area contributed by atoms with Crippen molar-refractivity contribution >= 4 is 22.9 Å². The predicted octanol–water partition coefficient (Wildman–Crippen LogP) is 3.34. The van der Waals surface area contributed by atoms with Gasteiger partial charge in [-0.1, -0.05) is 6.07 Å². The number of alkyl halides is 3. The maximum Gasteiger partial charge on any atom is 0.422 e. The zero-order chi connectivity index (χ0) is 14.6. The van der Waals surface area contributed by atoms with Crippen molar-refractivity contribution in [2.45, 2.75) is 6.18 Å². The van der Waals surface area contributed by atoms with Gasteiger partial charge in [0.15, 0.2) is 6.61 Å². The van der Waals surface area contributed by atoms with Crippen LogP contribution < -0.4 is 10.1 Å². The Balaban J connectivity index is 2.01. The van der Waals surface area contributed by atoms with Gasteiger partial charge in [-0.15, -0.1) is 11.3 Å². The molecule has 8 heteroatoms. The van der Waals surface area contributed by atoms with Gasteiger partial charge in [0.25, 0.3) is 5.91 Å². The molecule has 0 fully saturated rings. The lowest BCUT2D eigenvalue weighted by atomic mass is 10.3. The number of rotatable bonds is 4. The second-order valence-corrected chi connectivity index (χ2v) is 4.67. The average Bonchev–Trinajstić information content (AvgIpc) is 2.90. The number of thiophene rings is 1. The van der Waals surface area contributed by atoms with Crippen molar-refractivity contribution in [3.63, 3.8) is 0 Å². The molecular weight excluding hydrogens is 293 g/mol. The summed E-state index contributed by atoms with van der Waals surface area (Å²) in [4.78, 5) is 15.9. The van der Waals surface area contributed by atoms with E-state index in [0.29, 0.717) is 10.6 Å². The molecule has 0 saturated heterocycles. The van der Waals surface area contributed by atoms with Crippen LogP contribution in [-0.2, 0) is 0 Å². The minimum absolute atomic E-state index is 0.202. The van der Waals surface area contributed by atoms with E-state index in [1.165, 1.54) is 29.7 Å². The summed E-state index contributed by atoms with van der Waals surface area (Å²) in [6, 6.07) is 6.06. The van der Waals surface area contributed by atoms with Crippen LogP contribution >= 0.6 is 11.3 Å². The highest BCUT2D eigenvalue weighted by Crippen LogP contribution is 2.20. The smallest absolute Gasteiger partial charge is 0.422 e. The van der Waals surface area contributed by atoms with Crippen LogP contribution in [0.4, 0.5) is 18.9 Å². The highest BCUT2D eigenvalue weighted by atomic mass is 32.1. The first-order valence-corrected chi connectivity index (χ1v) is 6.32. The van der Waals surface area contributed by atoms with Crippen molar-refractivity contribution in [3.05, 3.63) is 40.7 Å². The molecule has 0 aliphatic carbocycles. The van der Waals surface area contributed by atoms with Crippen LogP contribution in [0.1, 0.15) is 9.67 Å². The van der Waals surface area contributed by atoms with Crippen molar-refractivity contribution in [1.82, 2.24) is 4.98 Å².